The molecule has 0 atom stereocenters. The van der Waals surface area contributed by atoms with Crippen LogP contribution in [-0.2, 0) is 0 Å². The number of esters is 1. The van der Waals surface area contributed by atoms with Crippen molar-refractivity contribution in [1.82, 2.24) is 0 Å². The Morgan fingerprint density at radius 3 is 1.79 bits per heavy atom. The minimum atomic E-state index is -0.461. The third kappa shape index (κ3) is 3.45. The lowest BCUT2D eigenvalue weighted by Gasteiger charge is -2.08. The quantitative estimate of drug-likeness (QED) is 0.208. The maximum atomic E-state index is 12.4. The summed E-state index contributed by atoms with van der Waals surface area (Å²) in [6.45, 7) is 1.49. The molecule has 0 saturated carbocycles. The second kappa shape index (κ2) is 7.16. The van der Waals surface area contributed by atoms with E-state index in [4.69, 9.17) is 9.47 Å². The van der Waals surface area contributed by atoms with E-state index >= 15 is 0 Å². The molecule has 0 aliphatic heterocycles. The number of benzene rings is 4. The summed E-state index contributed by atoms with van der Waals surface area (Å²) < 4.78 is 10.8. The molecule has 4 aromatic carbocycles. The van der Waals surface area contributed by atoms with Crippen molar-refractivity contribution < 1.29 is 19.1 Å². The first-order chi connectivity index (χ1) is 13.5. The van der Waals surface area contributed by atoms with Gasteiger partial charge in [-0.15, -0.1) is 0 Å². The molecule has 0 bridgehead atoms. The summed E-state index contributed by atoms with van der Waals surface area (Å²) in [6.07, 6.45) is 0. The second-order valence-corrected chi connectivity index (χ2v) is 6.60. The van der Waals surface area contributed by atoms with E-state index in [1.165, 1.54) is 6.92 Å². The smallest absolute Gasteiger partial charge is 0.343 e. The molecule has 138 valence electrons. The van der Waals surface area contributed by atoms with E-state index in [0.717, 1.165) is 27.3 Å². The summed E-state index contributed by atoms with van der Waals surface area (Å²) >= 11 is 0. The van der Waals surface area contributed by atoms with Gasteiger partial charge in [0.1, 0.15) is 11.5 Å². The summed E-state index contributed by atoms with van der Waals surface area (Å²) in [5.41, 5.74) is 0.956. The molecule has 4 nitrogen and oxygen atoms in total. The van der Waals surface area contributed by atoms with Gasteiger partial charge in [0.15, 0.2) is 5.78 Å². The molecule has 4 heteroatoms. The minimum Gasteiger partial charge on any atom is -0.497 e. The summed E-state index contributed by atoms with van der Waals surface area (Å²) in [5, 5.41) is 4.19. The highest BCUT2D eigenvalue weighted by Gasteiger charge is 2.10. The Bertz CT molecular complexity index is 1210. The van der Waals surface area contributed by atoms with Gasteiger partial charge in [-0.2, -0.15) is 0 Å². The highest BCUT2D eigenvalue weighted by Crippen LogP contribution is 2.29. The first-order valence-electron chi connectivity index (χ1n) is 8.88. The molecule has 0 N–H and O–H groups in total. The van der Waals surface area contributed by atoms with Crippen LogP contribution in [0.1, 0.15) is 27.6 Å². The number of methoxy groups -OCH3 is 1. The zero-order valence-corrected chi connectivity index (χ0v) is 15.6. The Hall–Kier alpha value is -3.66. The van der Waals surface area contributed by atoms with E-state index in [1.54, 1.807) is 37.4 Å². The van der Waals surface area contributed by atoms with Gasteiger partial charge < -0.3 is 9.47 Å². The van der Waals surface area contributed by atoms with Crippen molar-refractivity contribution in [3.05, 3.63) is 83.9 Å². The SMILES string of the molecule is COc1ccc2cc3ccc(OC(=O)c4ccc(C(C)=O)cc4)cc3cc2c1. The van der Waals surface area contributed by atoms with Gasteiger partial charge >= 0.3 is 5.97 Å². The summed E-state index contributed by atoms with van der Waals surface area (Å²) in [7, 11) is 1.64. The van der Waals surface area contributed by atoms with E-state index in [1.807, 2.05) is 36.4 Å². The Balaban J connectivity index is 1.63. The van der Waals surface area contributed by atoms with Crippen LogP contribution in [-0.4, -0.2) is 18.9 Å². The van der Waals surface area contributed by atoms with Gasteiger partial charge in [0.25, 0.3) is 0 Å². The molecule has 0 heterocycles. The van der Waals surface area contributed by atoms with Crippen LogP contribution in [0.3, 0.4) is 0 Å². The van der Waals surface area contributed by atoms with Crippen LogP contribution in [0.4, 0.5) is 0 Å². The van der Waals surface area contributed by atoms with Crippen LogP contribution in [0.2, 0.25) is 0 Å². The molecule has 0 spiro atoms. The van der Waals surface area contributed by atoms with E-state index in [9.17, 15) is 9.59 Å². The van der Waals surface area contributed by atoms with Crippen LogP contribution in [0.15, 0.2) is 72.8 Å². The Morgan fingerprint density at radius 1 is 0.643 bits per heavy atom. The Labute approximate surface area is 162 Å². The van der Waals surface area contributed by atoms with Crippen LogP contribution in [0.5, 0.6) is 11.5 Å². The number of fused-ring (bicyclic) bond motifs is 2. The third-order valence-corrected chi connectivity index (χ3v) is 4.71. The fourth-order valence-electron chi connectivity index (χ4n) is 3.15. The highest BCUT2D eigenvalue weighted by molar-refractivity contribution is 6.00. The molecule has 0 aromatic heterocycles. The Kier molecular flexibility index (Phi) is 4.53. The molecule has 0 aliphatic rings. The second-order valence-electron chi connectivity index (χ2n) is 6.60. The van der Waals surface area contributed by atoms with Crippen molar-refractivity contribution in [2.75, 3.05) is 7.11 Å². The first-order valence-corrected chi connectivity index (χ1v) is 8.88. The van der Waals surface area contributed by atoms with Gasteiger partial charge in [-0.1, -0.05) is 24.3 Å². The molecule has 4 aromatic rings. The zero-order chi connectivity index (χ0) is 19.7. The fraction of sp³-hybridized carbons (Fsp3) is 0.0833. The zero-order valence-electron chi connectivity index (χ0n) is 15.6. The molecule has 4 rings (SSSR count). The molecule has 0 saturated heterocycles. The topological polar surface area (TPSA) is 52.6 Å². The monoisotopic (exact) mass is 370 g/mol. The standard InChI is InChI=1S/C24H18O4/c1-15(25)16-3-5-17(6-4-16)24(26)28-23-10-8-19-11-18-7-9-22(27-2)13-20(18)12-21(19)14-23/h3-14H,1-2H3. The summed E-state index contributed by atoms with van der Waals surface area (Å²) in [4.78, 5) is 23.8. The summed E-state index contributed by atoms with van der Waals surface area (Å²) in [6, 6.07) is 22.1. The molecule has 0 radical (unpaired) electrons. The van der Waals surface area contributed by atoms with Crippen LogP contribution >= 0.6 is 0 Å². The maximum absolute atomic E-state index is 12.4. The van der Waals surface area contributed by atoms with Crippen LogP contribution in [0.25, 0.3) is 21.5 Å². The molecule has 0 fully saturated rings. The van der Waals surface area contributed by atoms with Gasteiger partial charge in [-0.25, -0.2) is 4.79 Å². The van der Waals surface area contributed by atoms with Crippen molar-refractivity contribution in [3.63, 3.8) is 0 Å². The number of carbonyl (C=O) groups excluding carboxylic acids is 2. The number of Topliss-reactive ketones (excluding diaryl/α,β-unsaturated/α-hetero) is 1. The average molecular weight is 370 g/mol. The van der Waals surface area contributed by atoms with Crippen molar-refractivity contribution in [2.45, 2.75) is 6.92 Å². The van der Waals surface area contributed by atoms with Gasteiger partial charge in [-0.05, 0) is 77.0 Å². The van der Waals surface area contributed by atoms with E-state index in [2.05, 4.69) is 6.07 Å². The van der Waals surface area contributed by atoms with Gasteiger partial charge in [-0.3, -0.25) is 4.79 Å². The first kappa shape index (κ1) is 17.7. The lowest BCUT2D eigenvalue weighted by atomic mass is 10.0. The maximum Gasteiger partial charge on any atom is 0.343 e. The van der Waals surface area contributed by atoms with Crippen LogP contribution in [0, 0.1) is 0 Å². The molecule has 0 unspecified atom stereocenters. The third-order valence-electron chi connectivity index (χ3n) is 4.71. The molecular weight excluding hydrogens is 352 g/mol. The minimum absolute atomic E-state index is 0.0432. The normalized spacial score (nSPS) is 10.8. The lowest BCUT2D eigenvalue weighted by molar-refractivity contribution is 0.0734. The molecule has 0 amide bonds. The molecule has 28 heavy (non-hydrogen) atoms. The predicted molar refractivity (Wildman–Crippen MR) is 109 cm³/mol. The molecule has 0 aliphatic carbocycles. The number of rotatable bonds is 4. The van der Waals surface area contributed by atoms with Crippen molar-refractivity contribution in [1.29, 1.82) is 0 Å². The van der Waals surface area contributed by atoms with Crippen LogP contribution < -0.4 is 9.47 Å². The van der Waals surface area contributed by atoms with Crippen molar-refractivity contribution in [3.8, 4) is 11.5 Å². The van der Waals surface area contributed by atoms with E-state index < -0.39 is 5.97 Å². The Morgan fingerprint density at radius 2 is 1.18 bits per heavy atom. The fourth-order valence-corrected chi connectivity index (χ4v) is 3.15. The van der Waals surface area contributed by atoms with Crippen molar-refractivity contribution >= 4 is 33.3 Å². The van der Waals surface area contributed by atoms with Crippen molar-refractivity contribution in [2.24, 2.45) is 0 Å². The molecular formula is C24H18O4. The van der Waals surface area contributed by atoms with E-state index in [-0.39, 0.29) is 5.78 Å². The number of carbonyl (C=O) groups is 2. The number of hydrogen-bond acceptors (Lipinski definition) is 4. The number of hydrogen-bond donors (Lipinski definition) is 0. The summed E-state index contributed by atoms with van der Waals surface area (Å²) in [5.74, 6) is 0.758. The van der Waals surface area contributed by atoms with Gasteiger partial charge in [0, 0.05) is 5.56 Å². The van der Waals surface area contributed by atoms with Gasteiger partial charge in [0.05, 0.1) is 12.7 Å². The lowest BCUT2D eigenvalue weighted by Crippen LogP contribution is -2.08. The average Bonchev–Trinajstić information content (AvgIpc) is 2.71. The number of ketones is 1. The van der Waals surface area contributed by atoms with E-state index in [0.29, 0.717) is 16.9 Å². The largest absolute Gasteiger partial charge is 0.497 e. The predicted octanol–water partition coefficient (Wildman–Crippen LogP) is 5.42. The van der Waals surface area contributed by atoms with Gasteiger partial charge in [0.2, 0.25) is 0 Å². The highest BCUT2D eigenvalue weighted by atomic mass is 16.5. The number of ether oxygens (including phenoxy) is 2.